The molecule has 0 radical (unpaired) electrons. The predicted octanol–water partition coefficient (Wildman–Crippen LogP) is 4.79. The average Bonchev–Trinajstić information content (AvgIpc) is 3.34. The van der Waals surface area contributed by atoms with Crippen LogP contribution in [0.15, 0.2) is 60.7 Å². The summed E-state index contributed by atoms with van der Waals surface area (Å²) in [7, 11) is 0. The summed E-state index contributed by atoms with van der Waals surface area (Å²) in [5.41, 5.74) is 3.69. The minimum Gasteiger partial charge on any atom is -0.478 e. The van der Waals surface area contributed by atoms with E-state index < -0.39 is 5.97 Å². The van der Waals surface area contributed by atoms with Gasteiger partial charge >= 0.3 is 5.97 Å². The highest BCUT2D eigenvalue weighted by molar-refractivity contribution is 5.91. The van der Waals surface area contributed by atoms with E-state index >= 15 is 0 Å². The number of benzene rings is 2. The maximum atomic E-state index is 12.5. The Balaban J connectivity index is 1.36. The average molecular weight is 405 g/mol. The van der Waals surface area contributed by atoms with E-state index in [1.54, 1.807) is 18.2 Å². The molecule has 1 N–H and O–H groups in total. The number of carbonyl (C=O) groups is 2. The van der Waals surface area contributed by atoms with Gasteiger partial charge in [-0.2, -0.15) is 0 Å². The lowest BCUT2D eigenvalue weighted by molar-refractivity contribution is -0.114. The molecule has 156 valence electrons. The van der Waals surface area contributed by atoms with Gasteiger partial charge in [-0.1, -0.05) is 48.0 Å². The van der Waals surface area contributed by atoms with Crippen LogP contribution in [0.5, 0.6) is 0 Å². The molecule has 2 heterocycles. The fraction of sp³-hybridized carbons (Fsp3) is 0.385. The van der Waals surface area contributed by atoms with Crippen LogP contribution in [0.25, 0.3) is 0 Å². The minimum absolute atomic E-state index is 0.129. The van der Waals surface area contributed by atoms with Gasteiger partial charge in [-0.05, 0) is 67.9 Å². The maximum Gasteiger partial charge on any atom is 0.335 e. The first-order chi connectivity index (χ1) is 14.5. The highest BCUT2D eigenvalue weighted by Gasteiger charge is 2.47. The van der Waals surface area contributed by atoms with Crippen molar-refractivity contribution in [2.45, 2.75) is 51.2 Å². The van der Waals surface area contributed by atoms with Crippen molar-refractivity contribution < 1.29 is 19.4 Å². The number of ketones is 1. The molecule has 4 atom stereocenters. The molecule has 2 aromatic rings. The summed E-state index contributed by atoms with van der Waals surface area (Å²) in [6.45, 7) is 2.04. The Morgan fingerprint density at radius 2 is 1.67 bits per heavy atom. The van der Waals surface area contributed by atoms with Gasteiger partial charge < -0.3 is 9.84 Å². The quantitative estimate of drug-likeness (QED) is 0.643. The zero-order valence-corrected chi connectivity index (χ0v) is 17.3. The van der Waals surface area contributed by atoms with Gasteiger partial charge in [-0.15, -0.1) is 0 Å². The van der Waals surface area contributed by atoms with E-state index in [-0.39, 0.29) is 23.9 Å². The molecule has 2 aliphatic heterocycles. The van der Waals surface area contributed by atoms with Crippen LogP contribution in [0.2, 0.25) is 0 Å². The Bertz CT molecular complexity index is 927. The van der Waals surface area contributed by atoms with Gasteiger partial charge in [-0.3, -0.25) is 4.79 Å². The molecular formula is C26H28O4. The van der Waals surface area contributed by atoms with E-state index in [1.807, 2.05) is 43.3 Å². The van der Waals surface area contributed by atoms with Crippen molar-refractivity contribution in [2.24, 2.45) is 11.8 Å². The van der Waals surface area contributed by atoms with Gasteiger partial charge in [0.05, 0.1) is 17.8 Å². The molecule has 2 aliphatic rings. The Hall–Kier alpha value is -2.72. The SMILES string of the molecule is Cc1ccc(CC(=O)/C=C/[C@H]2[C@@H](CCc3ccc(C(=O)O)cc3)[C@H]3CC[C@@H]2O3)cc1. The largest absolute Gasteiger partial charge is 0.478 e. The molecule has 0 unspecified atom stereocenters. The van der Waals surface area contributed by atoms with Crippen LogP contribution < -0.4 is 0 Å². The fourth-order valence-corrected chi connectivity index (χ4v) is 4.79. The monoisotopic (exact) mass is 404 g/mol. The third kappa shape index (κ3) is 4.71. The van der Waals surface area contributed by atoms with E-state index in [9.17, 15) is 9.59 Å². The van der Waals surface area contributed by atoms with Crippen molar-refractivity contribution in [3.63, 3.8) is 0 Å². The van der Waals surface area contributed by atoms with Gasteiger partial charge in [0.1, 0.15) is 0 Å². The highest BCUT2D eigenvalue weighted by atomic mass is 16.5. The maximum absolute atomic E-state index is 12.5. The molecule has 4 heteroatoms. The lowest BCUT2D eigenvalue weighted by Crippen LogP contribution is -2.26. The van der Waals surface area contributed by atoms with Gasteiger partial charge in [0, 0.05) is 12.3 Å². The Morgan fingerprint density at radius 3 is 2.37 bits per heavy atom. The number of aromatic carboxylic acids is 1. The van der Waals surface area contributed by atoms with E-state index in [0.29, 0.717) is 17.9 Å². The number of fused-ring (bicyclic) bond motifs is 2. The van der Waals surface area contributed by atoms with Gasteiger partial charge in [0.25, 0.3) is 0 Å². The van der Waals surface area contributed by atoms with Gasteiger partial charge in [-0.25, -0.2) is 4.79 Å². The summed E-state index contributed by atoms with van der Waals surface area (Å²) in [6.07, 6.45) is 8.78. The van der Waals surface area contributed by atoms with Crippen molar-refractivity contribution in [3.05, 3.63) is 82.9 Å². The van der Waals surface area contributed by atoms with Crippen LogP contribution >= 0.6 is 0 Å². The second kappa shape index (κ2) is 8.97. The highest BCUT2D eigenvalue weighted by Crippen LogP contribution is 2.46. The normalized spacial score (nSPS) is 25.1. The number of hydrogen-bond donors (Lipinski definition) is 1. The summed E-state index contributed by atoms with van der Waals surface area (Å²) in [6, 6.07) is 15.2. The van der Waals surface area contributed by atoms with E-state index in [0.717, 1.165) is 36.8 Å². The van der Waals surface area contributed by atoms with Crippen molar-refractivity contribution in [1.29, 1.82) is 0 Å². The van der Waals surface area contributed by atoms with Crippen molar-refractivity contribution in [2.75, 3.05) is 0 Å². The molecule has 0 saturated carbocycles. The molecule has 2 aromatic carbocycles. The molecule has 4 nitrogen and oxygen atoms in total. The van der Waals surface area contributed by atoms with Crippen LogP contribution in [0, 0.1) is 18.8 Å². The molecule has 0 amide bonds. The molecule has 0 aromatic heterocycles. The summed E-state index contributed by atoms with van der Waals surface area (Å²) >= 11 is 0. The Labute approximate surface area is 177 Å². The van der Waals surface area contributed by atoms with Crippen molar-refractivity contribution >= 4 is 11.8 Å². The molecule has 2 fully saturated rings. The zero-order chi connectivity index (χ0) is 21.1. The molecule has 4 rings (SSSR count). The number of allylic oxidation sites excluding steroid dienone is 1. The van der Waals surface area contributed by atoms with Crippen LogP contribution in [0.3, 0.4) is 0 Å². The number of hydrogen-bond acceptors (Lipinski definition) is 3. The molecule has 2 saturated heterocycles. The number of carbonyl (C=O) groups excluding carboxylic acids is 1. The van der Waals surface area contributed by atoms with Crippen LogP contribution in [0.4, 0.5) is 0 Å². The van der Waals surface area contributed by atoms with Crippen LogP contribution in [-0.4, -0.2) is 29.1 Å². The fourth-order valence-electron chi connectivity index (χ4n) is 4.79. The van der Waals surface area contributed by atoms with E-state index in [4.69, 9.17) is 9.84 Å². The van der Waals surface area contributed by atoms with Crippen molar-refractivity contribution in [3.8, 4) is 0 Å². The zero-order valence-electron chi connectivity index (χ0n) is 17.3. The number of ether oxygens (including phenoxy) is 1. The lowest BCUT2D eigenvalue weighted by Gasteiger charge is -2.25. The first-order valence-corrected chi connectivity index (χ1v) is 10.7. The number of carboxylic acid groups (broad SMARTS) is 1. The molecule has 0 aliphatic carbocycles. The van der Waals surface area contributed by atoms with Crippen LogP contribution in [-0.2, 0) is 22.4 Å². The van der Waals surface area contributed by atoms with Crippen molar-refractivity contribution in [1.82, 2.24) is 0 Å². The number of rotatable bonds is 8. The second-order valence-electron chi connectivity index (χ2n) is 8.56. The number of aryl methyl sites for hydroxylation is 2. The smallest absolute Gasteiger partial charge is 0.335 e. The molecule has 0 spiro atoms. The first kappa shape index (κ1) is 20.5. The predicted molar refractivity (Wildman–Crippen MR) is 116 cm³/mol. The summed E-state index contributed by atoms with van der Waals surface area (Å²) in [5.74, 6) is -0.0801. The van der Waals surface area contributed by atoms with Gasteiger partial charge in [0.2, 0.25) is 0 Å². The van der Waals surface area contributed by atoms with Gasteiger partial charge in [0.15, 0.2) is 5.78 Å². The Kier molecular flexibility index (Phi) is 6.14. The topological polar surface area (TPSA) is 63.6 Å². The van der Waals surface area contributed by atoms with Crippen LogP contribution in [0.1, 0.15) is 46.3 Å². The Morgan fingerprint density at radius 1 is 1.00 bits per heavy atom. The lowest BCUT2D eigenvalue weighted by atomic mass is 9.76. The summed E-state index contributed by atoms with van der Waals surface area (Å²) in [4.78, 5) is 23.5. The minimum atomic E-state index is -0.899. The van der Waals surface area contributed by atoms with E-state index in [1.165, 1.54) is 5.56 Å². The third-order valence-corrected chi connectivity index (χ3v) is 6.46. The summed E-state index contributed by atoms with van der Waals surface area (Å²) in [5, 5.41) is 9.04. The third-order valence-electron chi connectivity index (χ3n) is 6.46. The molecule has 30 heavy (non-hydrogen) atoms. The standard InChI is InChI=1S/C26H28O4/c1-17-2-4-19(5-3-17)16-21(27)11-13-23-22(24-14-15-25(23)30-24)12-8-18-6-9-20(10-7-18)26(28)29/h2-7,9-11,13,22-25H,8,12,14-16H2,1H3,(H,28,29)/b13-11+/t22-,23+,24-,25+/m1/s1. The summed E-state index contributed by atoms with van der Waals surface area (Å²) < 4.78 is 6.16. The van der Waals surface area contributed by atoms with E-state index in [2.05, 4.69) is 6.08 Å². The molecule has 2 bridgehead atoms. The number of carboxylic acids is 1. The molecular weight excluding hydrogens is 376 g/mol. The second-order valence-corrected chi connectivity index (χ2v) is 8.56. The first-order valence-electron chi connectivity index (χ1n) is 10.7.